The molecule has 0 heterocycles. The lowest BCUT2D eigenvalue weighted by Gasteiger charge is -2.12. The van der Waals surface area contributed by atoms with Gasteiger partial charge in [-0.25, -0.2) is 13.1 Å². The fourth-order valence-electron chi connectivity index (χ4n) is 0.769. The maximum atomic E-state index is 11.1. The minimum atomic E-state index is -3.43. The maximum absolute atomic E-state index is 11.1. The zero-order valence-corrected chi connectivity index (χ0v) is 9.82. The molecule has 0 aromatic heterocycles. The fraction of sp³-hybridized carbons (Fsp3) is 0.857. The lowest BCUT2D eigenvalue weighted by atomic mass is 10.2. The van der Waals surface area contributed by atoms with Crippen LogP contribution < -0.4 is 4.72 Å². The van der Waals surface area contributed by atoms with Crippen molar-refractivity contribution in [3.05, 3.63) is 0 Å². The van der Waals surface area contributed by atoms with E-state index in [1.165, 1.54) is 18.7 Å². The summed E-state index contributed by atoms with van der Waals surface area (Å²) in [5.74, 6) is -0.615. The summed E-state index contributed by atoms with van der Waals surface area (Å²) in [6.45, 7) is 1.47. The Bertz CT molecular complexity index is 275. The van der Waals surface area contributed by atoms with Crippen LogP contribution in [0.3, 0.4) is 0 Å². The zero-order valence-electron chi connectivity index (χ0n) is 8.19. The van der Waals surface area contributed by atoms with Crippen LogP contribution >= 0.6 is 11.8 Å². The van der Waals surface area contributed by atoms with E-state index in [9.17, 15) is 13.2 Å². The van der Waals surface area contributed by atoms with Crippen molar-refractivity contribution in [2.45, 2.75) is 19.4 Å². The van der Waals surface area contributed by atoms with Crippen molar-refractivity contribution in [3.63, 3.8) is 0 Å². The molecule has 0 unspecified atom stereocenters. The first-order chi connectivity index (χ1) is 6.43. The predicted molar refractivity (Wildman–Crippen MR) is 57.0 cm³/mol. The summed E-state index contributed by atoms with van der Waals surface area (Å²) in [7, 11) is -3.43. The fourth-order valence-corrected chi connectivity index (χ4v) is 2.06. The summed E-state index contributed by atoms with van der Waals surface area (Å²) in [5, 5.41) is 8.72. The number of carboxylic acid groups (broad SMARTS) is 1. The molecule has 0 aliphatic carbocycles. The highest BCUT2D eigenvalue weighted by Gasteiger charge is 2.21. The molecule has 0 rings (SSSR count). The van der Waals surface area contributed by atoms with Gasteiger partial charge in [0, 0.05) is 0 Å². The Labute approximate surface area is 88.3 Å². The van der Waals surface area contributed by atoms with E-state index in [-0.39, 0.29) is 5.75 Å². The van der Waals surface area contributed by atoms with E-state index in [1.54, 1.807) is 0 Å². The van der Waals surface area contributed by atoms with Gasteiger partial charge in [-0.05, 0) is 25.4 Å². The Morgan fingerprint density at radius 1 is 1.57 bits per heavy atom. The molecular weight excluding hydrogens is 226 g/mol. The van der Waals surface area contributed by atoms with Crippen LogP contribution in [0, 0.1) is 0 Å². The van der Waals surface area contributed by atoms with Gasteiger partial charge in [0.2, 0.25) is 10.0 Å². The van der Waals surface area contributed by atoms with Crippen molar-refractivity contribution in [2.75, 3.05) is 17.8 Å². The van der Waals surface area contributed by atoms with Crippen LogP contribution in [0.5, 0.6) is 0 Å². The highest BCUT2D eigenvalue weighted by molar-refractivity contribution is 7.98. The normalized spacial score (nSPS) is 13.9. The van der Waals surface area contributed by atoms with Crippen molar-refractivity contribution in [2.24, 2.45) is 0 Å². The van der Waals surface area contributed by atoms with E-state index in [1.807, 2.05) is 6.26 Å². The Morgan fingerprint density at radius 2 is 2.14 bits per heavy atom. The van der Waals surface area contributed by atoms with Crippen molar-refractivity contribution in [3.8, 4) is 0 Å². The van der Waals surface area contributed by atoms with Crippen LogP contribution in [0.4, 0.5) is 0 Å². The van der Waals surface area contributed by atoms with Gasteiger partial charge >= 0.3 is 5.97 Å². The molecule has 7 heteroatoms. The van der Waals surface area contributed by atoms with Gasteiger partial charge in [0.25, 0.3) is 0 Å². The van der Waals surface area contributed by atoms with Gasteiger partial charge in [-0.1, -0.05) is 0 Å². The number of hydrogen-bond donors (Lipinski definition) is 2. The summed E-state index contributed by atoms with van der Waals surface area (Å²) < 4.78 is 24.3. The number of nitrogens with one attached hydrogen (secondary N) is 1. The third-order valence-electron chi connectivity index (χ3n) is 1.61. The molecule has 0 amide bonds. The average molecular weight is 241 g/mol. The van der Waals surface area contributed by atoms with E-state index < -0.39 is 22.0 Å². The first kappa shape index (κ1) is 13.7. The van der Waals surface area contributed by atoms with Gasteiger partial charge in [0.15, 0.2) is 0 Å². The quantitative estimate of drug-likeness (QED) is 0.662. The van der Waals surface area contributed by atoms with Crippen molar-refractivity contribution >= 4 is 27.8 Å². The number of aliphatic carboxylic acids is 1. The molecule has 14 heavy (non-hydrogen) atoms. The largest absolute Gasteiger partial charge is 0.480 e. The van der Waals surface area contributed by atoms with Gasteiger partial charge in [-0.15, -0.1) is 0 Å². The van der Waals surface area contributed by atoms with E-state index in [2.05, 4.69) is 4.72 Å². The molecule has 0 aliphatic heterocycles. The van der Waals surface area contributed by atoms with Crippen LogP contribution in [0.25, 0.3) is 0 Å². The average Bonchev–Trinajstić information content (AvgIpc) is 2.12. The van der Waals surface area contributed by atoms with E-state index in [0.29, 0.717) is 12.2 Å². The van der Waals surface area contributed by atoms with Crippen LogP contribution in [-0.2, 0) is 14.8 Å². The van der Waals surface area contributed by atoms with Gasteiger partial charge in [-0.2, -0.15) is 11.8 Å². The Kier molecular flexibility index (Phi) is 6.14. The SMILES string of the molecule is CCS(=O)(=O)N[C@H](CCSC)C(=O)O. The van der Waals surface area contributed by atoms with Crippen LogP contribution in [-0.4, -0.2) is 43.3 Å². The van der Waals surface area contributed by atoms with Crippen LogP contribution in [0.1, 0.15) is 13.3 Å². The molecule has 0 fully saturated rings. The van der Waals surface area contributed by atoms with Crippen molar-refractivity contribution < 1.29 is 18.3 Å². The Morgan fingerprint density at radius 3 is 2.50 bits per heavy atom. The summed E-state index contributed by atoms with van der Waals surface area (Å²) >= 11 is 1.48. The van der Waals surface area contributed by atoms with E-state index in [0.717, 1.165) is 0 Å². The third kappa shape index (κ3) is 5.46. The van der Waals surface area contributed by atoms with Crippen molar-refractivity contribution in [1.82, 2.24) is 4.72 Å². The molecule has 0 aromatic carbocycles. The molecule has 0 saturated carbocycles. The second-order valence-corrected chi connectivity index (χ2v) is 5.72. The lowest BCUT2D eigenvalue weighted by Crippen LogP contribution is -2.41. The van der Waals surface area contributed by atoms with Gasteiger partial charge < -0.3 is 5.11 Å². The molecule has 0 radical (unpaired) electrons. The molecule has 1 atom stereocenters. The molecule has 0 spiro atoms. The van der Waals surface area contributed by atoms with Gasteiger partial charge in [-0.3, -0.25) is 4.79 Å². The molecule has 5 nitrogen and oxygen atoms in total. The molecule has 84 valence electrons. The number of thioether (sulfide) groups is 1. The maximum Gasteiger partial charge on any atom is 0.321 e. The van der Waals surface area contributed by atoms with Crippen LogP contribution in [0.15, 0.2) is 0 Å². The smallest absolute Gasteiger partial charge is 0.321 e. The second-order valence-electron chi connectivity index (χ2n) is 2.69. The summed E-state index contributed by atoms with van der Waals surface area (Å²) in [5.41, 5.74) is 0. The minimum absolute atomic E-state index is 0.101. The summed E-state index contributed by atoms with van der Waals surface area (Å²) in [6.07, 6.45) is 2.14. The highest BCUT2D eigenvalue weighted by Crippen LogP contribution is 2.02. The lowest BCUT2D eigenvalue weighted by molar-refractivity contribution is -0.139. The molecular formula is C7H15NO4S2. The second kappa shape index (κ2) is 6.26. The van der Waals surface area contributed by atoms with Gasteiger partial charge in [0.05, 0.1) is 5.75 Å². The summed E-state index contributed by atoms with van der Waals surface area (Å²) in [4.78, 5) is 10.7. The van der Waals surface area contributed by atoms with Crippen molar-refractivity contribution in [1.29, 1.82) is 0 Å². The van der Waals surface area contributed by atoms with E-state index in [4.69, 9.17) is 5.11 Å². The van der Waals surface area contributed by atoms with E-state index >= 15 is 0 Å². The number of hydrogen-bond acceptors (Lipinski definition) is 4. The number of carboxylic acids is 1. The van der Waals surface area contributed by atoms with Gasteiger partial charge in [0.1, 0.15) is 6.04 Å². The molecule has 0 aromatic rings. The molecule has 0 aliphatic rings. The minimum Gasteiger partial charge on any atom is -0.480 e. The Hall–Kier alpha value is -0.270. The molecule has 2 N–H and O–H groups in total. The first-order valence-electron chi connectivity index (χ1n) is 4.14. The monoisotopic (exact) mass is 241 g/mol. The number of carbonyl (C=O) groups is 1. The highest BCUT2D eigenvalue weighted by atomic mass is 32.2. The molecule has 0 saturated heterocycles. The first-order valence-corrected chi connectivity index (χ1v) is 7.19. The number of sulfonamides is 1. The Balaban J connectivity index is 4.31. The van der Waals surface area contributed by atoms with Crippen LogP contribution in [0.2, 0.25) is 0 Å². The number of rotatable bonds is 7. The zero-order chi connectivity index (χ0) is 11.2. The third-order valence-corrected chi connectivity index (χ3v) is 3.66. The topological polar surface area (TPSA) is 83.5 Å². The standard InChI is InChI=1S/C7H15NO4S2/c1-3-14(11,12)8-6(7(9)10)4-5-13-2/h6,8H,3-5H2,1-2H3,(H,9,10)/t6-/m1/s1. The summed E-state index contributed by atoms with van der Waals surface area (Å²) in [6, 6.07) is -1.01. The predicted octanol–water partition coefficient (Wildman–Crippen LogP) is 0.132. The molecule has 0 bridgehead atoms.